The van der Waals surface area contributed by atoms with Crippen LogP contribution in [0.25, 0.3) is 0 Å². The second-order valence-electron chi connectivity index (χ2n) is 10.9. The monoisotopic (exact) mass is 484 g/mol. The largest absolute Gasteiger partial charge is 0.447 e. The van der Waals surface area contributed by atoms with E-state index in [2.05, 4.69) is 17.2 Å². The summed E-state index contributed by atoms with van der Waals surface area (Å²) in [5.74, 6) is 1.40. The first-order chi connectivity index (χ1) is 15.5. The van der Waals surface area contributed by atoms with E-state index in [1.165, 1.54) is 6.26 Å². The summed E-state index contributed by atoms with van der Waals surface area (Å²) >= 11 is 0. The lowest BCUT2D eigenvalue weighted by atomic mass is 9.73. The van der Waals surface area contributed by atoms with E-state index < -0.39 is 9.84 Å². The summed E-state index contributed by atoms with van der Waals surface area (Å²) in [7, 11) is -3.00. The highest BCUT2D eigenvalue weighted by atomic mass is 32.2. The molecule has 2 saturated carbocycles. The Morgan fingerprint density at radius 2 is 1.79 bits per heavy atom. The van der Waals surface area contributed by atoms with Gasteiger partial charge in [-0.25, -0.2) is 18.2 Å². The van der Waals surface area contributed by atoms with Gasteiger partial charge in [0.1, 0.15) is 9.84 Å². The van der Waals surface area contributed by atoms with Gasteiger partial charge in [0, 0.05) is 44.4 Å². The Morgan fingerprint density at radius 3 is 2.42 bits per heavy atom. The number of fused-ring (bicyclic) bond motifs is 1. The highest BCUT2D eigenvalue weighted by Crippen LogP contribution is 2.42. The molecule has 33 heavy (non-hydrogen) atoms. The third kappa shape index (κ3) is 5.82. The molecule has 2 aliphatic heterocycles. The van der Waals surface area contributed by atoms with E-state index in [0.717, 1.165) is 45.2 Å². The number of sulfone groups is 1. The number of carbonyl (C=O) groups excluding carboxylic acids is 2. The minimum absolute atomic E-state index is 0.00440. The molecule has 4 aliphatic rings. The number of hydrogen-bond acceptors (Lipinski definition) is 7. The molecular formula is C23H40N4O5S. The number of rotatable bonds is 6. The van der Waals surface area contributed by atoms with E-state index in [1.807, 2.05) is 23.8 Å². The van der Waals surface area contributed by atoms with Crippen LogP contribution in [0, 0.1) is 17.8 Å². The van der Waals surface area contributed by atoms with Crippen molar-refractivity contribution in [2.45, 2.75) is 77.1 Å². The predicted molar refractivity (Wildman–Crippen MR) is 125 cm³/mol. The average Bonchev–Trinajstić information content (AvgIpc) is 3.47. The van der Waals surface area contributed by atoms with E-state index in [1.54, 1.807) is 0 Å². The molecule has 0 bridgehead atoms. The van der Waals surface area contributed by atoms with Crippen molar-refractivity contribution < 1.29 is 22.7 Å². The highest BCUT2D eigenvalue weighted by Gasteiger charge is 2.50. The van der Waals surface area contributed by atoms with E-state index in [4.69, 9.17) is 4.74 Å². The second kappa shape index (κ2) is 9.70. The summed E-state index contributed by atoms with van der Waals surface area (Å²) < 4.78 is 28.7. The van der Waals surface area contributed by atoms with Crippen LogP contribution in [-0.4, -0.2) is 97.6 Å². The van der Waals surface area contributed by atoms with Crippen molar-refractivity contribution in [2.75, 3.05) is 38.2 Å². The molecule has 2 aliphatic carbocycles. The Balaban J connectivity index is 1.46. The van der Waals surface area contributed by atoms with Gasteiger partial charge in [-0.2, -0.15) is 0 Å². The molecule has 1 N–H and O–H groups in total. The molecule has 0 radical (unpaired) electrons. The number of carbonyl (C=O) groups is 2. The number of nitrogens with zero attached hydrogens (tertiary/aromatic N) is 3. The van der Waals surface area contributed by atoms with E-state index >= 15 is 0 Å². The zero-order valence-electron chi connectivity index (χ0n) is 20.4. The molecular weight excluding hydrogens is 444 g/mol. The summed E-state index contributed by atoms with van der Waals surface area (Å²) in [4.78, 5) is 30.1. The van der Waals surface area contributed by atoms with Crippen molar-refractivity contribution in [1.82, 2.24) is 20.2 Å². The van der Waals surface area contributed by atoms with Gasteiger partial charge in [0.15, 0.2) is 0 Å². The third-order valence-corrected chi connectivity index (χ3v) is 8.62. The van der Waals surface area contributed by atoms with Crippen LogP contribution in [-0.2, 0) is 19.4 Å². The molecule has 0 aromatic heterocycles. The smallest absolute Gasteiger partial charge is 0.410 e. The van der Waals surface area contributed by atoms with E-state index in [9.17, 15) is 18.0 Å². The number of piperazine rings is 1. The molecule has 0 spiro atoms. The standard InChI is InChI=1S/C23H40N4O5S/c1-15(2)32-23(29)26-13-16(3)27(22(28)17-5-6-17)20-8-7-18(11-21(20)26)19-12-24-25(14-19)9-10-33(4,30)31/h15-21,24H,5-14H2,1-4H3/t16-,18?,19?,20?,21?/m0/s1. The van der Waals surface area contributed by atoms with Gasteiger partial charge in [0.2, 0.25) is 5.91 Å². The van der Waals surface area contributed by atoms with Crippen molar-refractivity contribution in [3.05, 3.63) is 0 Å². The number of hydrazine groups is 1. The number of hydrogen-bond donors (Lipinski definition) is 1. The van der Waals surface area contributed by atoms with Gasteiger partial charge in [-0.15, -0.1) is 0 Å². The van der Waals surface area contributed by atoms with Crippen LogP contribution >= 0.6 is 0 Å². The van der Waals surface area contributed by atoms with Gasteiger partial charge in [-0.3, -0.25) is 10.2 Å². The van der Waals surface area contributed by atoms with Crippen molar-refractivity contribution in [1.29, 1.82) is 0 Å². The Kier molecular flexibility index (Phi) is 7.27. The summed E-state index contributed by atoms with van der Waals surface area (Å²) in [6.07, 6.45) is 5.54. The second-order valence-corrected chi connectivity index (χ2v) is 13.1. The number of amides is 2. The molecule has 10 heteroatoms. The zero-order chi connectivity index (χ0) is 23.9. The summed E-state index contributed by atoms with van der Waals surface area (Å²) in [6.45, 7) is 8.43. The van der Waals surface area contributed by atoms with Crippen LogP contribution in [0.2, 0.25) is 0 Å². The Labute approximate surface area is 198 Å². The van der Waals surface area contributed by atoms with Gasteiger partial charge >= 0.3 is 6.09 Å². The van der Waals surface area contributed by atoms with E-state index in [-0.39, 0.29) is 47.9 Å². The minimum Gasteiger partial charge on any atom is -0.447 e. The van der Waals surface area contributed by atoms with Gasteiger partial charge in [0.25, 0.3) is 0 Å². The zero-order valence-corrected chi connectivity index (χ0v) is 21.2. The summed E-state index contributed by atoms with van der Waals surface area (Å²) in [5, 5.41) is 2.02. The third-order valence-electron chi connectivity index (χ3n) is 7.70. The fourth-order valence-corrected chi connectivity index (χ4v) is 6.46. The van der Waals surface area contributed by atoms with Crippen molar-refractivity contribution in [3.63, 3.8) is 0 Å². The first-order valence-electron chi connectivity index (χ1n) is 12.5. The van der Waals surface area contributed by atoms with Gasteiger partial charge in [0.05, 0.1) is 23.9 Å². The van der Waals surface area contributed by atoms with Crippen molar-refractivity contribution in [3.8, 4) is 0 Å². The maximum atomic E-state index is 13.1. The quantitative estimate of drug-likeness (QED) is 0.610. The molecule has 188 valence electrons. The molecule has 0 aromatic carbocycles. The maximum Gasteiger partial charge on any atom is 0.410 e. The first-order valence-corrected chi connectivity index (χ1v) is 14.5. The molecule has 0 aromatic rings. The molecule has 4 rings (SSSR count). The van der Waals surface area contributed by atoms with Crippen LogP contribution in [0.5, 0.6) is 0 Å². The van der Waals surface area contributed by atoms with Gasteiger partial charge in [-0.1, -0.05) is 0 Å². The molecule has 4 unspecified atom stereocenters. The Morgan fingerprint density at radius 1 is 1.06 bits per heavy atom. The lowest BCUT2D eigenvalue weighted by Crippen LogP contribution is -2.67. The molecule has 2 saturated heterocycles. The lowest BCUT2D eigenvalue weighted by Gasteiger charge is -2.54. The lowest BCUT2D eigenvalue weighted by molar-refractivity contribution is -0.146. The molecule has 2 amide bonds. The van der Waals surface area contributed by atoms with Crippen LogP contribution in [0.15, 0.2) is 0 Å². The van der Waals surface area contributed by atoms with Crippen LogP contribution in [0.1, 0.15) is 52.9 Å². The Hall–Kier alpha value is -1.39. The maximum absolute atomic E-state index is 13.1. The minimum atomic E-state index is -3.00. The van der Waals surface area contributed by atoms with Crippen LogP contribution < -0.4 is 5.43 Å². The topological polar surface area (TPSA) is 99.3 Å². The summed E-state index contributed by atoms with van der Waals surface area (Å²) in [6, 6.07) is 0.0164. The fraction of sp³-hybridized carbons (Fsp3) is 0.913. The number of ether oxygens (including phenoxy) is 1. The van der Waals surface area contributed by atoms with Crippen LogP contribution in [0.3, 0.4) is 0 Å². The molecule has 2 heterocycles. The van der Waals surface area contributed by atoms with Crippen LogP contribution in [0.4, 0.5) is 4.79 Å². The van der Waals surface area contributed by atoms with Crippen molar-refractivity contribution >= 4 is 21.8 Å². The number of nitrogens with one attached hydrogen (secondary N) is 1. The SMILES string of the molecule is CC(C)OC(=O)N1C[C@H](C)N(C(=O)C2CC2)C2CCC(C3CNN(CCS(C)(=O)=O)C3)CC21. The fourth-order valence-electron chi connectivity index (χ4n) is 5.91. The normalized spacial score (nSPS) is 33.3. The van der Waals surface area contributed by atoms with Gasteiger partial charge in [-0.05, 0) is 64.7 Å². The van der Waals surface area contributed by atoms with Gasteiger partial charge < -0.3 is 14.5 Å². The molecule has 4 fully saturated rings. The molecule has 9 nitrogen and oxygen atoms in total. The summed E-state index contributed by atoms with van der Waals surface area (Å²) in [5.41, 5.74) is 3.37. The predicted octanol–water partition coefficient (Wildman–Crippen LogP) is 1.49. The molecule has 5 atom stereocenters. The highest BCUT2D eigenvalue weighted by molar-refractivity contribution is 7.90. The van der Waals surface area contributed by atoms with Crippen molar-refractivity contribution in [2.24, 2.45) is 17.8 Å². The van der Waals surface area contributed by atoms with E-state index in [0.29, 0.717) is 24.9 Å². The average molecular weight is 485 g/mol. The first kappa shape index (κ1) is 24.7. The Bertz CT molecular complexity index is 846.